The summed E-state index contributed by atoms with van der Waals surface area (Å²) in [5.74, 6) is -0.912. The molecule has 1 aliphatic heterocycles. The minimum Gasteiger partial charge on any atom is -0.481 e. The molecule has 10 heteroatoms. The molecular weight excluding hydrogens is 436 g/mol. The number of anilines is 1. The minimum absolute atomic E-state index is 0.0279. The highest BCUT2D eigenvalue weighted by Crippen LogP contribution is 2.48. The van der Waals surface area contributed by atoms with E-state index in [9.17, 15) is 14.7 Å². The molecule has 3 heterocycles. The molecule has 0 aromatic carbocycles. The third-order valence-electron chi connectivity index (χ3n) is 7.50. The van der Waals surface area contributed by atoms with Crippen molar-refractivity contribution in [1.29, 1.82) is 0 Å². The summed E-state index contributed by atoms with van der Waals surface area (Å²) in [5, 5.41) is 25.8. The van der Waals surface area contributed by atoms with Gasteiger partial charge in [-0.25, -0.2) is 9.67 Å². The number of aliphatic carboxylic acids is 1. The Morgan fingerprint density at radius 2 is 1.94 bits per heavy atom. The predicted molar refractivity (Wildman–Crippen MR) is 127 cm³/mol. The van der Waals surface area contributed by atoms with Crippen molar-refractivity contribution in [2.45, 2.75) is 77.0 Å². The van der Waals surface area contributed by atoms with Crippen molar-refractivity contribution in [2.75, 3.05) is 11.9 Å². The molecule has 2 aliphatic carbocycles. The Morgan fingerprint density at radius 1 is 1.18 bits per heavy atom. The number of carboxylic acids is 1. The molecule has 2 fully saturated rings. The van der Waals surface area contributed by atoms with E-state index in [2.05, 4.69) is 25.9 Å². The molecule has 10 nitrogen and oxygen atoms in total. The highest BCUT2D eigenvalue weighted by molar-refractivity contribution is 6.11. The number of oxime groups is 1. The second kappa shape index (κ2) is 8.88. The summed E-state index contributed by atoms with van der Waals surface area (Å²) in [6.45, 7) is 5.30. The van der Waals surface area contributed by atoms with Crippen LogP contribution >= 0.6 is 0 Å². The smallest absolute Gasteiger partial charge is 0.306 e. The maximum atomic E-state index is 12.2. The number of pyridine rings is 1. The van der Waals surface area contributed by atoms with Gasteiger partial charge in [-0.3, -0.25) is 9.59 Å². The van der Waals surface area contributed by atoms with E-state index < -0.39 is 11.6 Å². The fraction of sp³-hybridized carbons (Fsp3) is 0.625. The zero-order valence-corrected chi connectivity index (χ0v) is 19.7. The van der Waals surface area contributed by atoms with Crippen molar-refractivity contribution in [3.63, 3.8) is 0 Å². The van der Waals surface area contributed by atoms with Crippen LogP contribution in [0.2, 0.25) is 0 Å². The van der Waals surface area contributed by atoms with Gasteiger partial charge in [0.25, 0.3) is 0 Å². The molecule has 0 saturated heterocycles. The number of amides is 1. The Balaban J connectivity index is 1.38. The topological polar surface area (TPSA) is 131 Å². The average Bonchev–Trinajstić information content (AvgIpc) is 3.44. The number of nitrogens with one attached hydrogen (secondary N) is 2. The van der Waals surface area contributed by atoms with Gasteiger partial charge in [0.05, 0.1) is 28.9 Å². The van der Waals surface area contributed by atoms with Crippen molar-refractivity contribution in [1.82, 2.24) is 20.1 Å². The van der Waals surface area contributed by atoms with Gasteiger partial charge in [0.15, 0.2) is 5.65 Å². The van der Waals surface area contributed by atoms with Crippen LogP contribution in [0.4, 0.5) is 5.69 Å². The molecule has 34 heavy (non-hydrogen) atoms. The molecule has 0 unspecified atom stereocenters. The lowest BCUT2D eigenvalue weighted by Gasteiger charge is -2.41. The van der Waals surface area contributed by atoms with E-state index in [0.29, 0.717) is 45.2 Å². The van der Waals surface area contributed by atoms with Gasteiger partial charge in [-0.05, 0) is 39.5 Å². The molecule has 182 valence electrons. The van der Waals surface area contributed by atoms with Gasteiger partial charge in [0.2, 0.25) is 5.91 Å². The van der Waals surface area contributed by atoms with Gasteiger partial charge < -0.3 is 20.6 Å². The highest BCUT2D eigenvalue weighted by Gasteiger charge is 2.53. The van der Waals surface area contributed by atoms with E-state index in [1.54, 1.807) is 0 Å². The first-order valence-corrected chi connectivity index (χ1v) is 12.3. The Bertz CT molecular complexity index is 1130. The first-order chi connectivity index (χ1) is 16.4. The summed E-state index contributed by atoms with van der Waals surface area (Å²) >= 11 is 0. The van der Waals surface area contributed by atoms with E-state index in [-0.39, 0.29) is 23.8 Å². The Kier molecular flexibility index (Phi) is 5.91. The number of carbonyl (C=O) groups is 2. The van der Waals surface area contributed by atoms with Gasteiger partial charge in [-0.1, -0.05) is 5.16 Å². The molecule has 0 bridgehead atoms. The van der Waals surface area contributed by atoms with Gasteiger partial charge in [0.1, 0.15) is 5.60 Å². The van der Waals surface area contributed by atoms with Crippen LogP contribution in [0, 0.1) is 11.8 Å². The first kappa shape index (κ1) is 22.6. The van der Waals surface area contributed by atoms with Gasteiger partial charge >= 0.3 is 5.97 Å². The van der Waals surface area contributed by atoms with Gasteiger partial charge in [-0.15, -0.1) is 0 Å². The fourth-order valence-corrected chi connectivity index (χ4v) is 5.55. The maximum Gasteiger partial charge on any atom is 0.306 e. The van der Waals surface area contributed by atoms with Crippen LogP contribution in [-0.4, -0.2) is 55.6 Å². The summed E-state index contributed by atoms with van der Waals surface area (Å²) in [7, 11) is 0. The number of hydrogen-bond acceptors (Lipinski definition) is 7. The van der Waals surface area contributed by atoms with Crippen molar-refractivity contribution < 1.29 is 19.5 Å². The number of aryl methyl sites for hydroxylation is 1. The summed E-state index contributed by atoms with van der Waals surface area (Å²) in [6, 6.07) is 0.174. The van der Waals surface area contributed by atoms with E-state index in [0.717, 1.165) is 40.8 Å². The number of fused-ring (bicyclic) bond motifs is 1. The van der Waals surface area contributed by atoms with Crippen LogP contribution in [-0.2, 0) is 21.0 Å². The molecule has 2 saturated carbocycles. The average molecular weight is 469 g/mol. The molecule has 3 N–H and O–H groups in total. The first-order valence-electron chi connectivity index (χ1n) is 12.3. The van der Waals surface area contributed by atoms with Crippen LogP contribution in [0.5, 0.6) is 0 Å². The molecule has 5 rings (SSSR count). The highest BCUT2D eigenvalue weighted by atomic mass is 16.7. The molecular formula is C24H32N6O4. The molecule has 1 amide bonds. The van der Waals surface area contributed by atoms with E-state index in [1.165, 1.54) is 0 Å². The predicted octanol–water partition coefficient (Wildman–Crippen LogP) is 2.92. The van der Waals surface area contributed by atoms with E-state index in [4.69, 9.17) is 4.84 Å². The number of hydrogen-bond donors (Lipinski definition) is 3. The van der Waals surface area contributed by atoms with Gasteiger partial charge in [0, 0.05) is 56.1 Å². The molecule has 1 spiro atoms. The number of carbonyl (C=O) groups excluding carboxylic acids is 1. The third-order valence-corrected chi connectivity index (χ3v) is 7.50. The van der Waals surface area contributed by atoms with Crippen LogP contribution < -0.4 is 10.6 Å². The maximum absolute atomic E-state index is 12.2. The van der Waals surface area contributed by atoms with Crippen molar-refractivity contribution >= 4 is 34.3 Å². The minimum atomic E-state index is -0.705. The summed E-state index contributed by atoms with van der Waals surface area (Å²) in [4.78, 5) is 34.1. The number of carboxylic acid groups (broad SMARTS) is 1. The zero-order valence-electron chi connectivity index (χ0n) is 19.7. The molecule has 2 aromatic rings. The standard InChI is InChI=1S/C24H32N6O4/c1-3-25-22(31)15-9-24(10-15)11-19(29-34-24)17-12-26-21-18(13-27-30(21)4-2)20(17)28-16-7-5-14(6-8-16)23(32)33/h12-16H,3-11H2,1-2H3,(H,25,31)(H,26,28)(H,32,33). The van der Waals surface area contributed by atoms with E-state index >= 15 is 0 Å². The Morgan fingerprint density at radius 3 is 2.62 bits per heavy atom. The molecule has 2 aromatic heterocycles. The lowest BCUT2D eigenvalue weighted by molar-refractivity contribution is -0.147. The molecule has 0 radical (unpaired) electrons. The van der Waals surface area contributed by atoms with E-state index in [1.807, 2.05) is 30.9 Å². The molecule has 3 aliphatic rings. The lowest BCUT2D eigenvalue weighted by Crippen LogP contribution is -2.50. The monoisotopic (exact) mass is 468 g/mol. The summed E-state index contributed by atoms with van der Waals surface area (Å²) in [5.41, 5.74) is 3.05. The Labute approximate surface area is 198 Å². The van der Waals surface area contributed by atoms with Crippen LogP contribution in [0.3, 0.4) is 0 Å². The fourth-order valence-electron chi connectivity index (χ4n) is 5.55. The second-order valence-corrected chi connectivity index (χ2v) is 9.76. The third kappa shape index (κ3) is 3.99. The second-order valence-electron chi connectivity index (χ2n) is 9.76. The summed E-state index contributed by atoms with van der Waals surface area (Å²) < 4.78 is 1.86. The summed E-state index contributed by atoms with van der Waals surface area (Å²) in [6.07, 6.45) is 8.56. The Hall–Kier alpha value is -3.17. The number of aromatic nitrogens is 3. The van der Waals surface area contributed by atoms with Crippen LogP contribution in [0.25, 0.3) is 11.0 Å². The number of rotatable bonds is 7. The normalized spacial score (nSPS) is 28.3. The SMILES string of the molecule is CCNC(=O)C1CC2(CC(c3cnc4c(cnn4CC)c3NC3CCC(C(=O)O)CC3)=NO2)C1. The van der Waals surface area contributed by atoms with Crippen LogP contribution in [0.15, 0.2) is 17.5 Å². The van der Waals surface area contributed by atoms with Gasteiger partial charge in [-0.2, -0.15) is 5.10 Å². The van der Waals surface area contributed by atoms with Crippen LogP contribution in [0.1, 0.15) is 64.4 Å². The van der Waals surface area contributed by atoms with Crippen molar-refractivity contribution in [3.05, 3.63) is 18.0 Å². The number of nitrogens with zero attached hydrogens (tertiary/aromatic N) is 4. The quantitative estimate of drug-likeness (QED) is 0.569. The zero-order chi connectivity index (χ0) is 23.9. The van der Waals surface area contributed by atoms with Crippen molar-refractivity contribution in [3.8, 4) is 0 Å². The largest absolute Gasteiger partial charge is 0.481 e. The van der Waals surface area contributed by atoms with Crippen molar-refractivity contribution in [2.24, 2.45) is 17.0 Å². The lowest BCUT2D eigenvalue weighted by atomic mass is 9.68. The molecule has 0 atom stereocenters.